The van der Waals surface area contributed by atoms with Gasteiger partial charge in [-0.05, 0) is 68.5 Å². The fraction of sp³-hybridized carbons (Fsp3) is 0.391. The third kappa shape index (κ3) is 4.57. The lowest BCUT2D eigenvalue weighted by Gasteiger charge is -2.29. The number of amides is 2. The molecule has 0 radical (unpaired) electrons. The zero-order chi connectivity index (χ0) is 21.1. The summed E-state index contributed by atoms with van der Waals surface area (Å²) in [5.41, 5.74) is 2.52. The van der Waals surface area contributed by atoms with Gasteiger partial charge in [-0.2, -0.15) is 0 Å². The average Bonchev–Trinajstić information content (AvgIpc) is 3.28. The largest absolute Gasteiger partial charge is 0.371 e. The van der Waals surface area contributed by atoms with Crippen LogP contribution in [0.2, 0.25) is 10.0 Å². The molecule has 4 rings (SSSR count). The maximum absolute atomic E-state index is 13.3. The molecule has 0 bridgehead atoms. The molecule has 7 heteroatoms. The van der Waals surface area contributed by atoms with Crippen LogP contribution in [0.25, 0.3) is 0 Å². The van der Waals surface area contributed by atoms with Gasteiger partial charge in [-0.1, -0.05) is 23.2 Å². The fourth-order valence-electron chi connectivity index (χ4n) is 4.16. The maximum Gasteiger partial charge on any atom is 0.257 e. The summed E-state index contributed by atoms with van der Waals surface area (Å²) in [6.07, 6.45) is 5.50. The smallest absolute Gasteiger partial charge is 0.257 e. The number of nitrogens with one attached hydrogen (secondary N) is 1. The summed E-state index contributed by atoms with van der Waals surface area (Å²) in [7, 11) is 0. The number of likely N-dealkylation sites (tertiary alicyclic amines) is 1. The summed E-state index contributed by atoms with van der Waals surface area (Å²) >= 11 is 12.1. The van der Waals surface area contributed by atoms with E-state index < -0.39 is 0 Å². The minimum atomic E-state index is -0.332. The molecule has 2 saturated heterocycles. The molecule has 1 N–H and O–H groups in total. The van der Waals surface area contributed by atoms with Crippen molar-refractivity contribution in [3.05, 3.63) is 57.6 Å². The number of benzene rings is 2. The second-order valence-corrected chi connectivity index (χ2v) is 8.70. The van der Waals surface area contributed by atoms with Crippen molar-refractivity contribution in [2.24, 2.45) is 0 Å². The zero-order valence-corrected chi connectivity index (χ0v) is 18.3. The highest BCUT2D eigenvalue weighted by molar-refractivity contribution is 6.37. The molecule has 2 aromatic carbocycles. The molecule has 0 saturated carbocycles. The predicted molar refractivity (Wildman–Crippen MR) is 122 cm³/mol. The minimum absolute atomic E-state index is 0.0391. The normalized spacial score (nSPS) is 16.6. The van der Waals surface area contributed by atoms with Gasteiger partial charge < -0.3 is 15.1 Å². The van der Waals surface area contributed by atoms with Gasteiger partial charge in [-0.15, -0.1) is 0 Å². The SMILES string of the molecule is O=C(Nc1ccc(N2CCCC2)c(C(=O)N2CCCCC2)c1)c1ccc(Cl)cc1Cl. The van der Waals surface area contributed by atoms with E-state index in [9.17, 15) is 9.59 Å². The second-order valence-electron chi connectivity index (χ2n) is 7.86. The van der Waals surface area contributed by atoms with Gasteiger partial charge in [0.15, 0.2) is 0 Å². The minimum Gasteiger partial charge on any atom is -0.371 e. The number of nitrogens with zero attached hydrogens (tertiary/aromatic N) is 2. The number of carbonyl (C=O) groups is 2. The van der Waals surface area contributed by atoms with Crippen LogP contribution in [-0.4, -0.2) is 42.9 Å². The van der Waals surface area contributed by atoms with Crippen LogP contribution in [0.1, 0.15) is 52.8 Å². The van der Waals surface area contributed by atoms with Crippen molar-refractivity contribution in [2.45, 2.75) is 32.1 Å². The number of anilines is 2. The molecule has 2 aliphatic heterocycles. The highest BCUT2D eigenvalue weighted by Gasteiger charge is 2.25. The van der Waals surface area contributed by atoms with E-state index in [0.29, 0.717) is 26.9 Å². The van der Waals surface area contributed by atoms with Crippen LogP contribution in [-0.2, 0) is 0 Å². The van der Waals surface area contributed by atoms with Gasteiger partial charge in [0, 0.05) is 42.6 Å². The quantitative estimate of drug-likeness (QED) is 0.678. The van der Waals surface area contributed by atoms with Crippen molar-refractivity contribution in [1.82, 2.24) is 4.90 Å². The molecule has 5 nitrogen and oxygen atoms in total. The fourth-order valence-corrected chi connectivity index (χ4v) is 4.65. The van der Waals surface area contributed by atoms with E-state index in [1.165, 1.54) is 6.42 Å². The van der Waals surface area contributed by atoms with Crippen LogP contribution in [0.3, 0.4) is 0 Å². The number of hydrogen-bond donors (Lipinski definition) is 1. The molecule has 0 aliphatic carbocycles. The molecule has 2 heterocycles. The van der Waals surface area contributed by atoms with Gasteiger partial charge >= 0.3 is 0 Å². The average molecular weight is 446 g/mol. The molecule has 0 unspecified atom stereocenters. The Balaban J connectivity index is 1.62. The Labute approximate surface area is 186 Å². The summed E-state index contributed by atoms with van der Waals surface area (Å²) in [5, 5.41) is 3.64. The van der Waals surface area contributed by atoms with Crippen LogP contribution < -0.4 is 10.2 Å². The molecular formula is C23H25Cl2N3O2. The molecule has 2 aromatic rings. The van der Waals surface area contributed by atoms with E-state index in [-0.39, 0.29) is 11.8 Å². The first kappa shape index (κ1) is 21.0. The predicted octanol–water partition coefficient (Wildman–Crippen LogP) is 5.47. The first-order valence-corrected chi connectivity index (χ1v) is 11.2. The summed E-state index contributed by atoms with van der Waals surface area (Å²) in [4.78, 5) is 30.2. The molecule has 0 aromatic heterocycles. The van der Waals surface area contributed by atoms with Crippen LogP contribution in [0.5, 0.6) is 0 Å². The van der Waals surface area contributed by atoms with Crippen molar-refractivity contribution in [3.8, 4) is 0 Å². The standard InChI is InChI=1S/C23H25Cl2N3O2/c24-16-6-8-18(20(25)14-16)22(29)26-17-7-9-21(27-10-4-5-11-27)19(15-17)23(30)28-12-2-1-3-13-28/h6-9,14-15H,1-5,10-13H2,(H,26,29). The molecule has 2 fully saturated rings. The van der Waals surface area contributed by atoms with Crippen molar-refractivity contribution in [1.29, 1.82) is 0 Å². The number of rotatable bonds is 4. The molecule has 2 aliphatic rings. The number of halogens is 2. The monoisotopic (exact) mass is 445 g/mol. The topological polar surface area (TPSA) is 52.7 Å². The van der Waals surface area contributed by atoms with E-state index in [1.54, 1.807) is 24.3 Å². The maximum atomic E-state index is 13.3. The zero-order valence-electron chi connectivity index (χ0n) is 16.8. The van der Waals surface area contributed by atoms with E-state index in [2.05, 4.69) is 10.2 Å². The van der Waals surface area contributed by atoms with Crippen LogP contribution >= 0.6 is 23.2 Å². The van der Waals surface area contributed by atoms with Gasteiger partial charge in [-0.25, -0.2) is 0 Å². The van der Waals surface area contributed by atoms with Crippen molar-refractivity contribution >= 4 is 46.4 Å². The highest BCUT2D eigenvalue weighted by atomic mass is 35.5. The lowest BCUT2D eigenvalue weighted by atomic mass is 10.1. The van der Waals surface area contributed by atoms with Gasteiger partial charge in [0.05, 0.1) is 16.1 Å². The molecule has 0 spiro atoms. The van der Waals surface area contributed by atoms with Crippen LogP contribution in [0.15, 0.2) is 36.4 Å². The number of piperidine rings is 1. The highest BCUT2D eigenvalue weighted by Crippen LogP contribution is 2.30. The molecule has 30 heavy (non-hydrogen) atoms. The van der Waals surface area contributed by atoms with Gasteiger partial charge in [0.25, 0.3) is 11.8 Å². The van der Waals surface area contributed by atoms with Crippen molar-refractivity contribution in [3.63, 3.8) is 0 Å². The number of carbonyl (C=O) groups excluding carboxylic acids is 2. The molecular weight excluding hydrogens is 421 g/mol. The summed E-state index contributed by atoms with van der Waals surface area (Å²) in [6, 6.07) is 10.4. The Morgan fingerprint density at radius 2 is 1.50 bits per heavy atom. The first-order chi connectivity index (χ1) is 14.5. The van der Waals surface area contributed by atoms with Crippen LogP contribution in [0, 0.1) is 0 Å². The van der Waals surface area contributed by atoms with Gasteiger partial charge in [0.1, 0.15) is 0 Å². The first-order valence-electron chi connectivity index (χ1n) is 10.5. The van der Waals surface area contributed by atoms with E-state index in [4.69, 9.17) is 23.2 Å². The van der Waals surface area contributed by atoms with E-state index in [0.717, 1.165) is 57.5 Å². The van der Waals surface area contributed by atoms with Gasteiger partial charge in [-0.3, -0.25) is 9.59 Å². The Hall–Kier alpha value is -2.24. The van der Waals surface area contributed by atoms with E-state index in [1.807, 2.05) is 17.0 Å². The Kier molecular flexibility index (Phi) is 6.49. The number of hydrogen-bond acceptors (Lipinski definition) is 3. The Morgan fingerprint density at radius 1 is 0.800 bits per heavy atom. The van der Waals surface area contributed by atoms with Crippen molar-refractivity contribution < 1.29 is 9.59 Å². The third-order valence-electron chi connectivity index (χ3n) is 5.75. The van der Waals surface area contributed by atoms with Crippen molar-refractivity contribution in [2.75, 3.05) is 36.4 Å². The summed E-state index contributed by atoms with van der Waals surface area (Å²) in [6.45, 7) is 3.48. The lowest BCUT2D eigenvalue weighted by molar-refractivity contribution is 0.0724. The lowest BCUT2D eigenvalue weighted by Crippen LogP contribution is -2.36. The molecule has 2 amide bonds. The van der Waals surface area contributed by atoms with E-state index >= 15 is 0 Å². The summed E-state index contributed by atoms with van der Waals surface area (Å²) < 4.78 is 0. The Bertz CT molecular complexity index is 951. The van der Waals surface area contributed by atoms with Crippen LogP contribution in [0.4, 0.5) is 11.4 Å². The molecule has 158 valence electrons. The third-order valence-corrected chi connectivity index (χ3v) is 6.30. The van der Waals surface area contributed by atoms with Gasteiger partial charge in [0.2, 0.25) is 0 Å². The Morgan fingerprint density at radius 3 is 2.20 bits per heavy atom. The second kappa shape index (κ2) is 9.27. The molecule has 0 atom stereocenters. The summed E-state index contributed by atoms with van der Waals surface area (Å²) in [5.74, 6) is -0.292.